The van der Waals surface area contributed by atoms with Gasteiger partial charge in [-0.05, 0) is 61.8 Å². The smallest absolute Gasteiger partial charge is 0.243 e. The summed E-state index contributed by atoms with van der Waals surface area (Å²) in [5, 5.41) is 2.95. The van der Waals surface area contributed by atoms with E-state index in [4.69, 9.17) is 10.5 Å². The zero-order chi connectivity index (χ0) is 28.1. The number of carbonyl (C=O) groups excluding carboxylic acids is 3. The van der Waals surface area contributed by atoms with Gasteiger partial charge in [0.2, 0.25) is 17.7 Å². The number of nitrogens with zero attached hydrogens (tertiary/aromatic N) is 4. The number of amides is 3. The Morgan fingerprint density at radius 2 is 1.95 bits per heavy atom. The van der Waals surface area contributed by atoms with Crippen molar-refractivity contribution in [2.24, 2.45) is 11.7 Å². The molecular weight excluding hydrogens is 510 g/mol. The second kappa shape index (κ2) is 12.5. The number of carbonyl (C=O) groups is 3. The molecule has 0 saturated carbocycles. The fourth-order valence-corrected chi connectivity index (χ4v) is 5.68. The number of imidazole rings is 1. The summed E-state index contributed by atoms with van der Waals surface area (Å²) in [6.45, 7) is 2.16. The third-order valence-electron chi connectivity index (χ3n) is 7.87. The second-order valence-electron chi connectivity index (χ2n) is 10.7. The van der Waals surface area contributed by atoms with Gasteiger partial charge in [0.1, 0.15) is 23.1 Å². The Bertz CT molecular complexity index is 1300. The summed E-state index contributed by atoms with van der Waals surface area (Å²) < 4.78 is 5.26. The van der Waals surface area contributed by atoms with Crippen molar-refractivity contribution in [1.29, 1.82) is 0 Å². The quantitative estimate of drug-likeness (QED) is 0.351. The van der Waals surface area contributed by atoms with Gasteiger partial charge in [0.15, 0.2) is 0 Å². The first kappa shape index (κ1) is 27.6. The lowest BCUT2D eigenvalue weighted by atomic mass is 9.96. The minimum absolute atomic E-state index is 0.0369. The molecule has 0 radical (unpaired) electrons. The molecule has 212 valence electrons. The largest absolute Gasteiger partial charge is 0.497 e. The Morgan fingerprint density at radius 1 is 1.18 bits per heavy atom. The van der Waals surface area contributed by atoms with Crippen LogP contribution in [0.4, 0.5) is 0 Å². The van der Waals surface area contributed by atoms with Crippen molar-refractivity contribution in [3.05, 3.63) is 54.1 Å². The molecule has 3 unspecified atom stereocenters. The highest BCUT2D eigenvalue weighted by molar-refractivity contribution is 5.90. The Hall–Kier alpha value is -3.99. The van der Waals surface area contributed by atoms with Crippen LogP contribution in [0.5, 0.6) is 5.75 Å². The van der Waals surface area contributed by atoms with Crippen LogP contribution in [0.25, 0.3) is 11.0 Å². The maximum Gasteiger partial charge on any atom is 0.243 e. The molecule has 0 spiro atoms. The first-order chi connectivity index (χ1) is 19.4. The number of rotatable bonds is 10. The van der Waals surface area contributed by atoms with Crippen molar-refractivity contribution in [1.82, 2.24) is 30.1 Å². The fourth-order valence-electron chi connectivity index (χ4n) is 5.68. The van der Waals surface area contributed by atoms with E-state index in [1.165, 1.54) is 0 Å². The van der Waals surface area contributed by atoms with Crippen molar-refractivity contribution < 1.29 is 19.1 Å². The Labute approximate surface area is 233 Å². The van der Waals surface area contributed by atoms with Crippen LogP contribution in [0.2, 0.25) is 0 Å². The molecule has 4 N–H and O–H groups in total. The molecule has 2 aromatic heterocycles. The molecule has 0 aliphatic carbocycles. The number of likely N-dealkylation sites (tertiary alicyclic amines) is 2. The van der Waals surface area contributed by atoms with Gasteiger partial charge in [-0.15, -0.1) is 0 Å². The predicted octanol–water partition coefficient (Wildman–Crippen LogP) is 1.77. The molecule has 3 amide bonds. The van der Waals surface area contributed by atoms with Crippen molar-refractivity contribution in [2.75, 3.05) is 26.7 Å². The molecule has 3 aromatic rings. The van der Waals surface area contributed by atoms with Crippen LogP contribution in [-0.4, -0.2) is 81.3 Å². The number of hydrogen-bond donors (Lipinski definition) is 3. The molecule has 1 aromatic carbocycles. The maximum atomic E-state index is 13.5. The lowest BCUT2D eigenvalue weighted by Crippen LogP contribution is -2.51. The molecule has 4 heterocycles. The van der Waals surface area contributed by atoms with E-state index in [2.05, 4.69) is 20.3 Å². The van der Waals surface area contributed by atoms with Crippen LogP contribution in [-0.2, 0) is 27.3 Å². The number of pyridine rings is 1. The highest BCUT2D eigenvalue weighted by Crippen LogP contribution is 2.28. The molecule has 5 rings (SSSR count). The number of hydrogen-bond acceptors (Lipinski definition) is 7. The predicted molar refractivity (Wildman–Crippen MR) is 149 cm³/mol. The van der Waals surface area contributed by atoms with Gasteiger partial charge in [0.25, 0.3) is 0 Å². The third kappa shape index (κ3) is 6.41. The van der Waals surface area contributed by atoms with Gasteiger partial charge in [0, 0.05) is 32.3 Å². The van der Waals surface area contributed by atoms with Gasteiger partial charge in [-0.1, -0.05) is 12.1 Å². The van der Waals surface area contributed by atoms with Gasteiger partial charge >= 0.3 is 0 Å². The molecule has 2 aliphatic heterocycles. The molecule has 0 bridgehead atoms. The van der Waals surface area contributed by atoms with E-state index in [-0.39, 0.29) is 43.0 Å². The topological polar surface area (TPSA) is 147 Å². The number of aromatic amines is 1. The molecule has 2 aliphatic rings. The summed E-state index contributed by atoms with van der Waals surface area (Å²) in [6, 6.07) is 8.16. The first-order valence-electron chi connectivity index (χ1n) is 13.9. The lowest BCUT2D eigenvalue weighted by Gasteiger charge is -2.27. The summed E-state index contributed by atoms with van der Waals surface area (Å²) in [7, 11) is 1.63. The average Bonchev–Trinajstić information content (AvgIpc) is 3.74. The van der Waals surface area contributed by atoms with Crippen molar-refractivity contribution >= 4 is 28.8 Å². The summed E-state index contributed by atoms with van der Waals surface area (Å²) in [6.07, 6.45) is 7.10. The fraction of sp³-hybridized carbons (Fsp3) is 0.483. The molecule has 3 atom stereocenters. The number of methoxy groups -OCH3 is 1. The number of fused-ring (bicyclic) bond motifs is 1. The van der Waals surface area contributed by atoms with E-state index in [1.807, 2.05) is 35.2 Å². The summed E-state index contributed by atoms with van der Waals surface area (Å²) in [4.78, 5) is 54.6. The SMILES string of the molecule is COc1ccc(CC2CC(C(=O)NCc3nc4cnccc4[nH]3)N(C(=O)C(N)CCC(=O)N3CCCC3)C2)cc1. The third-order valence-corrected chi connectivity index (χ3v) is 7.87. The Balaban J connectivity index is 1.24. The average molecular weight is 548 g/mol. The van der Waals surface area contributed by atoms with Gasteiger partial charge in [0.05, 0.1) is 31.4 Å². The molecule has 40 heavy (non-hydrogen) atoms. The van der Waals surface area contributed by atoms with Crippen LogP contribution < -0.4 is 15.8 Å². The van der Waals surface area contributed by atoms with E-state index < -0.39 is 12.1 Å². The summed E-state index contributed by atoms with van der Waals surface area (Å²) in [5.74, 6) is 0.976. The van der Waals surface area contributed by atoms with E-state index >= 15 is 0 Å². The van der Waals surface area contributed by atoms with Crippen LogP contribution in [0.15, 0.2) is 42.7 Å². The van der Waals surface area contributed by atoms with Crippen molar-refractivity contribution in [3.8, 4) is 5.75 Å². The molecule has 11 nitrogen and oxygen atoms in total. The highest BCUT2D eigenvalue weighted by Gasteiger charge is 2.41. The molecule has 2 fully saturated rings. The minimum atomic E-state index is -0.843. The standard InChI is InChI=1S/C29H37N7O4/c1-40-21-6-4-19(5-7-21)14-20-15-25(28(38)32-17-26-33-23-10-11-31-16-24(23)34-26)36(18-20)29(39)22(30)8-9-27(37)35-12-2-3-13-35/h4-7,10-11,16,20,22,25H,2-3,8-9,12-15,17-18,30H2,1H3,(H,32,38)(H,33,34). The van der Waals surface area contributed by atoms with Crippen LogP contribution >= 0.6 is 0 Å². The summed E-state index contributed by atoms with van der Waals surface area (Å²) in [5.41, 5.74) is 8.98. The van der Waals surface area contributed by atoms with Crippen LogP contribution in [0.3, 0.4) is 0 Å². The maximum absolute atomic E-state index is 13.5. The minimum Gasteiger partial charge on any atom is -0.497 e. The molecule has 11 heteroatoms. The normalized spacial score (nSPS) is 19.6. The van der Waals surface area contributed by atoms with Crippen LogP contribution in [0.1, 0.15) is 43.5 Å². The van der Waals surface area contributed by atoms with Crippen molar-refractivity contribution in [3.63, 3.8) is 0 Å². The first-order valence-corrected chi connectivity index (χ1v) is 13.9. The zero-order valence-corrected chi connectivity index (χ0v) is 22.8. The zero-order valence-electron chi connectivity index (χ0n) is 22.8. The highest BCUT2D eigenvalue weighted by atomic mass is 16.5. The van der Waals surface area contributed by atoms with E-state index in [9.17, 15) is 14.4 Å². The number of nitrogens with one attached hydrogen (secondary N) is 2. The number of aromatic nitrogens is 3. The second-order valence-corrected chi connectivity index (χ2v) is 10.7. The van der Waals surface area contributed by atoms with Gasteiger partial charge in [-0.3, -0.25) is 19.4 Å². The van der Waals surface area contributed by atoms with E-state index in [0.717, 1.165) is 54.7 Å². The Kier molecular flexibility index (Phi) is 8.59. The monoisotopic (exact) mass is 547 g/mol. The van der Waals surface area contributed by atoms with Gasteiger partial charge in [-0.2, -0.15) is 0 Å². The summed E-state index contributed by atoms with van der Waals surface area (Å²) >= 11 is 0. The molecule has 2 saturated heterocycles. The van der Waals surface area contributed by atoms with Gasteiger partial charge in [-0.25, -0.2) is 4.98 Å². The molecular formula is C29H37N7O4. The number of nitrogens with two attached hydrogens (primary N) is 1. The number of H-pyrrole nitrogens is 1. The van der Waals surface area contributed by atoms with E-state index in [1.54, 1.807) is 24.4 Å². The van der Waals surface area contributed by atoms with E-state index in [0.29, 0.717) is 18.8 Å². The lowest BCUT2D eigenvalue weighted by molar-refractivity contribution is -0.140. The van der Waals surface area contributed by atoms with Crippen molar-refractivity contribution in [2.45, 2.75) is 57.2 Å². The number of ether oxygens (including phenoxy) is 1. The number of benzene rings is 1. The van der Waals surface area contributed by atoms with Gasteiger partial charge < -0.3 is 30.6 Å². The Morgan fingerprint density at radius 3 is 2.67 bits per heavy atom. The van der Waals surface area contributed by atoms with Crippen LogP contribution in [0, 0.1) is 5.92 Å².